The molecule has 1 unspecified atom stereocenters. The first-order valence-corrected chi connectivity index (χ1v) is 5.92. The molecule has 5 heteroatoms. The summed E-state index contributed by atoms with van der Waals surface area (Å²) in [4.78, 5) is 15.7. The monoisotopic (exact) mass is 228 g/mol. The van der Waals surface area contributed by atoms with Gasteiger partial charge >= 0.3 is 0 Å². The molecule has 0 saturated heterocycles. The zero-order valence-corrected chi connectivity index (χ0v) is 10.1. The summed E-state index contributed by atoms with van der Waals surface area (Å²) < 4.78 is 5.40. The van der Waals surface area contributed by atoms with Crippen molar-refractivity contribution >= 4 is 17.2 Å². The maximum Gasteiger partial charge on any atom is 0.270 e. The van der Waals surface area contributed by atoms with E-state index in [9.17, 15) is 4.79 Å². The number of thiazole rings is 1. The predicted octanol–water partition coefficient (Wildman–Crippen LogP) is 1.99. The first-order chi connectivity index (χ1) is 7.19. The van der Waals surface area contributed by atoms with E-state index < -0.39 is 0 Å². The number of rotatable bonds is 5. The highest BCUT2D eigenvalue weighted by atomic mass is 32.1. The molecule has 1 heterocycles. The molecule has 0 aliphatic rings. The van der Waals surface area contributed by atoms with E-state index in [1.165, 1.54) is 11.3 Å². The molecular formula is C10H16N2O2S. The van der Waals surface area contributed by atoms with Crippen LogP contribution in [0, 0.1) is 0 Å². The molecule has 1 atom stereocenters. The zero-order valence-electron chi connectivity index (χ0n) is 9.24. The lowest BCUT2D eigenvalue weighted by Gasteiger charge is -2.06. The van der Waals surface area contributed by atoms with E-state index in [-0.39, 0.29) is 12.0 Å². The lowest BCUT2D eigenvalue weighted by molar-refractivity contribution is 0.0759. The summed E-state index contributed by atoms with van der Waals surface area (Å²) in [7, 11) is 0. The summed E-state index contributed by atoms with van der Waals surface area (Å²) >= 11 is 1.45. The zero-order chi connectivity index (χ0) is 11.3. The standard InChI is InChI=1S/C10H16N2O2S/c1-4-11-9(13)8-6-15-10(12-8)7(3)14-5-2/h6-7H,4-5H2,1-3H3,(H,11,13). The third kappa shape index (κ3) is 3.28. The SMILES string of the molecule is CCNC(=O)c1csc(C(C)OCC)n1. The lowest BCUT2D eigenvalue weighted by Crippen LogP contribution is -2.23. The minimum atomic E-state index is -0.122. The van der Waals surface area contributed by atoms with E-state index in [0.29, 0.717) is 18.8 Å². The third-order valence-corrected chi connectivity index (χ3v) is 2.86. The van der Waals surface area contributed by atoms with E-state index in [1.54, 1.807) is 5.38 Å². The minimum Gasteiger partial charge on any atom is -0.372 e. The van der Waals surface area contributed by atoms with Crippen LogP contribution < -0.4 is 5.32 Å². The largest absolute Gasteiger partial charge is 0.372 e. The molecule has 0 radical (unpaired) electrons. The summed E-state index contributed by atoms with van der Waals surface area (Å²) in [6.45, 7) is 7.02. The van der Waals surface area contributed by atoms with Crippen LogP contribution in [-0.4, -0.2) is 24.0 Å². The Morgan fingerprint density at radius 1 is 1.67 bits per heavy atom. The topological polar surface area (TPSA) is 51.2 Å². The van der Waals surface area contributed by atoms with E-state index in [0.717, 1.165) is 5.01 Å². The maximum absolute atomic E-state index is 11.4. The van der Waals surface area contributed by atoms with Crippen LogP contribution in [0.1, 0.15) is 42.4 Å². The fourth-order valence-electron chi connectivity index (χ4n) is 1.15. The minimum absolute atomic E-state index is 0.0387. The molecule has 1 aromatic heterocycles. The van der Waals surface area contributed by atoms with Crippen LogP contribution in [0.5, 0.6) is 0 Å². The third-order valence-electron chi connectivity index (χ3n) is 1.86. The average Bonchev–Trinajstić information content (AvgIpc) is 2.67. The fourth-order valence-corrected chi connectivity index (χ4v) is 1.95. The molecule has 1 rings (SSSR count). The summed E-state index contributed by atoms with van der Waals surface area (Å²) in [6, 6.07) is 0. The number of carbonyl (C=O) groups is 1. The second-order valence-corrected chi connectivity index (χ2v) is 3.92. The van der Waals surface area contributed by atoms with Crippen molar-refractivity contribution in [2.75, 3.05) is 13.2 Å². The van der Waals surface area contributed by atoms with Crippen LogP contribution in [0.4, 0.5) is 0 Å². The van der Waals surface area contributed by atoms with Crippen LogP contribution in [0.15, 0.2) is 5.38 Å². The van der Waals surface area contributed by atoms with Crippen molar-refractivity contribution in [1.29, 1.82) is 0 Å². The maximum atomic E-state index is 11.4. The van der Waals surface area contributed by atoms with Crippen LogP contribution >= 0.6 is 11.3 Å². The number of amides is 1. The Labute approximate surface area is 93.7 Å². The van der Waals surface area contributed by atoms with Crippen molar-refractivity contribution in [3.8, 4) is 0 Å². The molecule has 1 aromatic rings. The van der Waals surface area contributed by atoms with Gasteiger partial charge in [0.2, 0.25) is 0 Å². The van der Waals surface area contributed by atoms with Crippen LogP contribution in [0.2, 0.25) is 0 Å². The molecule has 15 heavy (non-hydrogen) atoms. The molecule has 1 N–H and O–H groups in total. The summed E-state index contributed by atoms with van der Waals surface area (Å²) in [5.41, 5.74) is 0.475. The number of nitrogens with one attached hydrogen (secondary N) is 1. The highest BCUT2D eigenvalue weighted by Gasteiger charge is 2.13. The van der Waals surface area contributed by atoms with Gasteiger partial charge in [-0.2, -0.15) is 0 Å². The fraction of sp³-hybridized carbons (Fsp3) is 0.600. The lowest BCUT2D eigenvalue weighted by atomic mass is 10.4. The van der Waals surface area contributed by atoms with E-state index >= 15 is 0 Å². The van der Waals surface area contributed by atoms with Crippen molar-refractivity contribution in [3.63, 3.8) is 0 Å². The van der Waals surface area contributed by atoms with E-state index in [2.05, 4.69) is 10.3 Å². The van der Waals surface area contributed by atoms with Gasteiger partial charge in [-0.25, -0.2) is 4.98 Å². The number of aromatic nitrogens is 1. The number of nitrogens with zero attached hydrogens (tertiary/aromatic N) is 1. The van der Waals surface area contributed by atoms with Gasteiger partial charge in [-0.1, -0.05) is 0 Å². The summed E-state index contributed by atoms with van der Waals surface area (Å²) in [5, 5.41) is 5.32. The molecule has 0 spiro atoms. The van der Waals surface area contributed by atoms with E-state index in [4.69, 9.17) is 4.74 Å². The van der Waals surface area contributed by atoms with Crippen molar-refractivity contribution in [1.82, 2.24) is 10.3 Å². The number of hydrogen-bond donors (Lipinski definition) is 1. The van der Waals surface area contributed by atoms with Gasteiger partial charge in [0, 0.05) is 18.5 Å². The normalized spacial score (nSPS) is 12.5. The van der Waals surface area contributed by atoms with Crippen molar-refractivity contribution in [2.24, 2.45) is 0 Å². The first kappa shape index (κ1) is 12.1. The Morgan fingerprint density at radius 2 is 2.40 bits per heavy atom. The molecular weight excluding hydrogens is 212 g/mol. The Balaban J connectivity index is 2.67. The molecule has 0 aliphatic heterocycles. The quantitative estimate of drug-likeness (QED) is 0.838. The van der Waals surface area contributed by atoms with Gasteiger partial charge in [0.15, 0.2) is 0 Å². The van der Waals surface area contributed by atoms with Crippen LogP contribution in [0.3, 0.4) is 0 Å². The molecule has 1 amide bonds. The molecule has 84 valence electrons. The summed E-state index contributed by atoms with van der Waals surface area (Å²) in [5.74, 6) is -0.122. The second kappa shape index (κ2) is 5.82. The average molecular weight is 228 g/mol. The van der Waals surface area contributed by atoms with Crippen LogP contribution in [0.25, 0.3) is 0 Å². The van der Waals surface area contributed by atoms with Gasteiger partial charge in [-0.05, 0) is 20.8 Å². The Kier molecular flexibility index (Phi) is 4.71. The van der Waals surface area contributed by atoms with Crippen LogP contribution in [-0.2, 0) is 4.74 Å². The summed E-state index contributed by atoms with van der Waals surface area (Å²) in [6.07, 6.45) is -0.0387. The molecule has 4 nitrogen and oxygen atoms in total. The molecule has 0 aliphatic carbocycles. The number of hydrogen-bond acceptors (Lipinski definition) is 4. The van der Waals surface area contributed by atoms with Crippen molar-refractivity contribution in [2.45, 2.75) is 26.9 Å². The molecule has 0 aromatic carbocycles. The van der Waals surface area contributed by atoms with Gasteiger partial charge < -0.3 is 10.1 Å². The van der Waals surface area contributed by atoms with E-state index in [1.807, 2.05) is 20.8 Å². The van der Waals surface area contributed by atoms with Gasteiger partial charge in [0.1, 0.15) is 16.8 Å². The van der Waals surface area contributed by atoms with Gasteiger partial charge in [-0.15, -0.1) is 11.3 Å². The van der Waals surface area contributed by atoms with Crippen molar-refractivity contribution in [3.05, 3.63) is 16.1 Å². The Bertz CT molecular complexity index is 325. The highest BCUT2D eigenvalue weighted by Crippen LogP contribution is 2.20. The van der Waals surface area contributed by atoms with Gasteiger partial charge in [-0.3, -0.25) is 4.79 Å². The Morgan fingerprint density at radius 3 is 3.00 bits per heavy atom. The molecule has 0 fully saturated rings. The first-order valence-electron chi connectivity index (χ1n) is 5.04. The molecule has 0 saturated carbocycles. The highest BCUT2D eigenvalue weighted by molar-refractivity contribution is 7.09. The number of carbonyl (C=O) groups excluding carboxylic acids is 1. The Hall–Kier alpha value is -0.940. The number of ether oxygens (including phenoxy) is 1. The molecule has 0 bridgehead atoms. The van der Waals surface area contributed by atoms with Gasteiger partial charge in [0.05, 0.1) is 0 Å². The van der Waals surface area contributed by atoms with Gasteiger partial charge in [0.25, 0.3) is 5.91 Å². The smallest absolute Gasteiger partial charge is 0.270 e. The van der Waals surface area contributed by atoms with Crippen molar-refractivity contribution < 1.29 is 9.53 Å². The second-order valence-electron chi connectivity index (χ2n) is 3.03. The predicted molar refractivity (Wildman–Crippen MR) is 60.2 cm³/mol.